The van der Waals surface area contributed by atoms with Gasteiger partial charge in [0, 0.05) is 30.9 Å². The molecule has 1 saturated heterocycles. The molecule has 2 aliphatic heterocycles. The van der Waals surface area contributed by atoms with E-state index in [2.05, 4.69) is 10.6 Å². The third kappa shape index (κ3) is 8.33. The number of halogens is 2. The van der Waals surface area contributed by atoms with Crippen LogP contribution in [-0.4, -0.2) is 97.7 Å². The fraction of sp³-hybridized carbons (Fsp3) is 0.483. The lowest BCUT2D eigenvalue weighted by molar-refractivity contribution is -0.125. The summed E-state index contributed by atoms with van der Waals surface area (Å²) in [6.45, 7) is 1.48. The molecule has 0 spiro atoms. The highest BCUT2D eigenvalue weighted by molar-refractivity contribution is 5.99. The Hall–Kier alpha value is -4.57. The second-order valence-corrected chi connectivity index (χ2v) is 10.8. The normalized spacial score (nSPS) is 17.0. The summed E-state index contributed by atoms with van der Waals surface area (Å²) in [7, 11) is 3.89. The van der Waals surface area contributed by atoms with Gasteiger partial charge < -0.3 is 43.9 Å². The highest BCUT2D eigenvalue weighted by Crippen LogP contribution is 2.30. The Labute approximate surface area is 257 Å². The molecule has 1 aromatic carbocycles. The molecule has 244 valence electrons. The van der Waals surface area contributed by atoms with Crippen molar-refractivity contribution in [3.8, 4) is 5.75 Å². The van der Waals surface area contributed by atoms with E-state index in [4.69, 9.17) is 18.9 Å². The van der Waals surface area contributed by atoms with Gasteiger partial charge in [0.2, 0.25) is 18.0 Å². The Morgan fingerprint density at radius 1 is 1.11 bits per heavy atom. The monoisotopic (exact) mass is 635 g/mol. The van der Waals surface area contributed by atoms with Crippen molar-refractivity contribution in [1.29, 1.82) is 0 Å². The second kappa shape index (κ2) is 14.9. The van der Waals surface area contributed by atoms with Gasteiger partial charge in [-0.25, -0.2) is 13.6 Å². The number of rotatable bonds is 13. The number of amides is 3. The number of hydrogen-bond donors (Lipinski definition) is 2. The minimum absolute atomic E-state index is 0.0247. The van der Waals surface area contributed by atoms with Crippen LogP contribution < -0.4 is 20.8 Å². The van der Waals surface area contributed by atoms with Crippen LogP contribution in [0.3, 0.4) is 0 Å². The average Bonchev–Trinajstić information content (AvgIpc) is 3.36. The van der Waals surface area contributed by atoms with Crippen molar-refractivity contribution in [3.63, 3.8) is 0 Å². The summed E-state index contributed by atoms with van der Waals surface area (Å²) in [4.78, 5) is 67.4. The fourth-order valence-corrected chi connectivity index (χ4v) is 4.83. The molecule has 2 aromatic rings. The Balaban J connectivity index is 1.43. The zero-order chi connectivity index (χ0) is 32.7. The molecule has 0 saturated carbocycles. The third-order valence-corrected chi connectivity index (χ3v) is 7.10. The van der Waals surface area contributed by atoms with E-state index in [1.54, 1.807) is 6.92 Å². The number of carbonyl (C=O) groups excluding carboxylic acids is 4. The van der Waals surface area contributed by atoms with Gasteiger partial charge in [0.05, 0.1) is 19.2 Å². The molecule has 45 heavy (non-hydrogen) atoms. The smallest absolute Gasteiger partial charge is 0.451 e. The predicted molar refractivity (Wildman–Crippen MR) is 152 cm³/mol. The van der Waals surface area contributed by atoms with Crippen LogP contribution in [0, 0.1) is 11.6 Å². The number of pyridine rings is 1. The SMILES string of the molecule is C[C@H]1CO[C@@H]2Cn3cc(C(=O)NCc4ccc(F)cc4F)c(=O)c(OCOC(=O)OCC(=O)NCCCCN(C)C)c3C(=O)N12. The number of nitrogens with zero attached hydrogens (tertiary/aromatic N) is 3. The Morgan fingerprint density at radius 2 is 1.89 bits per heavy atom. The van der Waals surface area contributed by atoms with Gasteiger partial charge in [-0.3, -0.25) is 19.2 Å². The van der Waals surface area contributed by atoms with Gasteiger partial charge >= 0.3 is 6.16 Å². The highest BCUT2D eigenvalue weighted by atomic mass is 19.1. The molecule has 0 radical (unpaired) electrons. The average molecular weight is 636 g/mol. The topological polar surface area (TPSA) is 158 Å². The lowest BCUT2D eigenvalue weighted by Crippen LogP contribution is -2.49. The van der Waals surface area contributed by atoms with Crippen molar-refractivity contribution in [2.45, 2.75) is 45.1 Å². The molecule has 3 heterocycles. The van der Waals surface area contributed by atoms with Crippen LogP contribution in [0.4, 0.5) is 13.6 Å². The first-order chi connectivity index (χ1) is 21.5. The molecule has 2 aliphatic rings. The number of ether oxygens (including phenoxy) is 4. The van der Waals surface area contributed by atoms with E-state index in [9.17, 15) is 32.8 Å². The van der Waals surface area contributed by atoms with Gasteiger partial charge in [-0.1, -0.05) is 6.07 Å². The van der Waals surface area contributed by atoms with Gasteiger partial charge in [0.15, 0.2) is 18.5 Å². The van der Waals surface area contributed by atoms with E-state index in [0.717, 1.165) is 37.7 Å². The van der Waals surface area contributed by atoms with Crippen molar-refractivity contribution >= 4 is 23.9 Å². The molecule has 3 amide bonds. The molecule has 16 heteroatoms. The Kier molecular flexibility index (Phi) is 11.1. The van der Waals surface area contributed by atoms with Crippen LogP contribution >= 0.6 is 0 Å². The summed E-state index contributed by atoms with van der Waals surface area (Å²) in [5.74, 6) is -4.31. The molecule has 0 bridgehead atoms. The predicted octanol–water partition coefficient (Wildman–Crippen LogP) is 1.20. The summed E-state index contributed by atoms with van der Waals surface area (Å²) < 4.78 is 49.4. The first-order valence-corrected chi connectivity index (χ1v) is 14.2. The zero-order valence-electron chi connectivity index (χ0n) is 25.1. The van der Waals surface area contributed by atoms with Crippen LogP contribution in [0.1, 0.15) is 46.2 Å². The lowest BCUT2D eigenvalue weighted by Gasteiger charge is -2.34. The molecule has 1 fully saturated rings. The van der Waals surface area contributed by atoms with E-state index in [1.165, 1.54) is 9.47 Å². The molecular weight excluding hydrogens is 600 g/mol. The van der Waals surface area contributed by atoms with Crippen molar-refractivity contribution in [1.82, 2.24) is 25.0 Å². The number of nitrogens with one attached hydrogen (secondary N) is 2. The molecule has 2 N–H and O–H groups in total. The van der Waals surface area contributed by atoms with Gasteiger partial charge in [-0.05, 0) is 46.5 Å². The van der Waals surface area contributed by atoms with Crippen molar-refractivity contribution in [2.24, 2.45) is 0 Å². The number of unbranched alkanes of at least 4 members (excludes halogenated alkanes) is 1. The summed E-state index contributed by atoms with van der Waals surface area (Å²) in [6, 6.07) is 2.53. The number of hydrogen-bond acceptors (Lipinski definition) is 10. The van der Waals surface area contributed by atoms with Gasteiger partial charge in [-0.2, -0.15) is 0 Å². The molecule has 0 unspecified atom stereocenters. The standard InChI is InChI=1S/C29H35F2N5O9/c1-17-14-42-23-13-35-12-20(27(39)33-11-18-6-7-19(30)10-21(18)31)25(38)26(24(35)28(40)36(17)23)44-16-45-29(41)43-15-22(37)32-8-4-5-9-34(2)3/h6-7,10,12,17,23H,4-5,8-9,11,13-16H2,1-3H3,(H,32,37)(H,33,39)/t17-,23+/m0/s1. The van der Waals surface area contributed by atoms with E-state index in [1.807, 2.05) is 19.0 Å². The van der Waals surface area contributed by atoms with E-state index in [-0.39, 0.29) is 37.0 Å². The third-order valence-electron chi connectivity index (χ3n) is 7.10. The minimum Gasteiger partial charge on any atom is -0.451 e. The second-order valence-electron chi connectivity index (χ2n) is 10.8. The molecule has 2 atom stereocenters. The van der Waals surface area contributed by atoms with Crippen molar-refractivity contribution < 1.29 is 46.9 Å². The van der Waals surface area contributed by atoms with Gasteiger partial charge in [-0.15, -0.1) is 0 Å². The molecule has 0 aliphatic carbocycles. The zero-order valence-corrected chi connectivity index (χ0v) is 25.1. The van der Waals surface area contributed by atoms with E-state index < -0.39 is 71.9 Å². The summed E-state index contributed by atoms with van der Waals surface area (Å²) >= 11 is 0. The molecule has 1 aromatic heterocycles. The van der Waals surface area contributed by atoms with Gasteiger partial charge in [0.25, 0.3) is 17.7 Å². The number of fused-ring (bicyclic) bond motifs is 2. The number of carbonyl (C=O) groups is 4. The Bertz CT molecular complexity index is 1500. The first kappa shape index (κ1) is 33.3. The highest BCUT2D eigenvalue weighted by Gasteiger charge is 2.43. The minimum atomic E-state index is -1.27. The van der Waals surface area contributed by atoms with Crippen molar-refractivity contribution in [2.75, 3.05) is 47.2 Å². The quantitative estimate of drug-likeness (QED) is 0.186. The molecule has 14 nitrogen and oxygen atoms in total. The van der Waals surface area contributed by atoms with Crippen LogP contribution in [-0.2, 0) is 32.1 Å². The van der Waals surface area contributed by atoms with Crippen LogP contribution in [0.25, 0.3) is 0 Å². The summed E-state index contributed by atoms with van der Waals surface area (Å²) in [5.41, 5.74) is -1.67. The van der Waals surface area contributed by atoms with E-state index >= 15 is 0 Å². The lowest BCUT2D eigenvalue weighted by atomic mass is 10.1. The van der Waals surface area contributed by atoms with Crippen molar-refractivity contribution in [3.05, 3.63) is 63.1 Å². The summed E-state index contributed by atoms with van der Waals surface area (Å²) in [5, 5.41) is 5.01. The van der Waals surface area contributed by atoms with Crippen LogP contribution in [0.15, 0.2) is 29.2 Å². The van der Waals surface area contributed by atoms with Crippen LogP contribution in [0.2, 0.25) is 0 Å². The van der Waals surface area contributed by atoms with E-state index in [0.29, 0.717) is 12.6 Å². The first-order valence-electron chi connectivity index (χ1n) is 14.2. The van der Waals surface area contributed by atoms with Crippen LogP contribution in [0.5, 0.6) is 5.75 Å². The number of aromatic nitrogens is 1. The molecule has 4 rings (SSSR count). The largest absolute Gasteiger partial charge is 0.511 e. The summed E-state index contributed by atoms with van der Waals surface area (Å²) in [6.07, 6.45) is 0.848. The maximum atomic E-state index is 14.1. The maximum Gasteiger partial charge on any atom is 0.511 e. The van der Waals surface area contributed by atoms with Gasteiger partial charge in [0.1, 0.15) is 17.2 Å². The maximum absolute atomic E-state index is 14.1. The number of benzene rings is 1. The molecular formula is C29H35F2N5O9. The fourth-order valence-electron chi connectivity index (χ4n) is 4.83. The Morgan fingerprint density at radius 3 is 2.62 bits per heavy atom.